The van der Waals surface area contributed by atoms with Gasteiger partial charge in [-0.15, -0.1) is 0 Å². The average molecular weight is 285 g/mol. The molecule has 4 nitrogen and oxygen atoms in total. The normalized spacial score (nSPS) is 13.1. The molecule has 2 rings (SSSR count). The van der Waals surface area contributed by atoms with E-state index in [2.05, 4.69) is 31.1 Å². The maximum Gasteiger partial charge on any atom is 0.225 e. The van der Waals surface area contributed by atoms with Crippen molar-refractivity contribution in [2.75, 3.05) is 5.32 Å². The molecule has 0 aliphatic rings. The van der Waals surface area contributed by atoms with E-state index in [4.69, 9.17) is 5.73 Å². The maximum atomic E-state index is 12.1. The van der Waals surface area contributed by atoms with Crippen molar-refractivity contribution in [3.63, 3.8) is 0 Å². The molecule has 0 aliphatic carbocycles. The van der Waals surface area contributed by atoms with E-state index in [-0.39, 0.29) is 17.4 Å². The van der Waals surface area contributed by atoms with E-state index in [1.807, 2.05) is 30.3 Å². The number of nitrogens with two attached hydrogens (primary N) is 1. The van der Waals surface area contributed by atoms with Crippen LogP contribution in [-0.4, -0.2) is 16.9 Å². The third-order valence-electron chi connectivity index (χ3n) is 3.24. The fourth-order valence-corrected chi connectivity index (χ4v) is 2.51. The first-order valence-corrected chi connectivity index (χ1v) is 7.24. The van der Waals surface area contributed by atoms with Crippen LogP contribution in [0.4, 0.5) is 5.69 Å². The predicted molar refractivity (Wildman–Crippen MR) is 87.0 cm³/mol. The minimum atomic E-state index is -0.127. The van der Waals surface area contributed by atoms with Gasteiger partial charge in [-0.25, -0.2) is 0 Å². The lowest BCUT2D eigenvalue weighted by Crippen LogP contribution is -2.31. The summed E-state index contributed by atoms with van der Waals surface area (Å²) in [5.74, 6) is -0.0527. The first-order chi connectivity index (χ1) is 9.85. The van der Waals surface area contributed by atoms with Crippen LogP contribution in [0, 0.1) is 5.41 Å². The van der Waals surface area contributed by atoms with Gasteiger partial charge in [0.25, 0.3) is 0 Å². The van der Waals surface area contributed by atoms with Gasteiger partial charge < -0.3 is 11.1 Å². The van der Waals surface area contributed by atoms with Gasteiger partial charge in [0.2, 0.25) is 5.91 Å². The quantitative estimate of drug-likeness (QED) is 0.905. The number of anilines is 1. The third-order valence-corrected chi connectivity index (χ3v) is 3.24. The molecular formula is C17H23N3O. The van der Waals surface area contributed by atoms with E-state index in [9.17, 15) is 4.79 Å². The largest absolute Gasteiger partial charge is 0.327 e. The highest BCUT2D eigenvalue weighted by atomic mass is 16.1. The van der Waals surface area contributed by atoms with Gasteiger partial charge >= 0.3 is 0 Å². The Hall–Kier alpha value is -1.94. The van der Waals surface area contributed by atoms with Crippen LogP contribution in [0.2, 0.25) is 0 Å². The number of benzene rings is 1. The fraction of sp³-hybridized carbons (Fsp3) is 0.412. The lowest BCUT2D eigenvalue weighted by Gasteiger charge is -2.22. The smallest absolute Gasteiger partial charge is 0.225 e. The van der Waals surface area contributed by atoms with Crippen LogP contribution in [0.25, 0.3) is 10.9 Å². The number of hydrogen-bond donors (Lipinski definition) is 2. The summed E-state index contributed by atoms with van der Waals surface area (Å²) < 4.78 is 0. The monoisotopic (exact) mass is 285 g/mol. The summed E-state index contributed by atoms with van der Waals surface area (Å²) in [5, 5.41) is 3.89. The number of aromatic nitrogens is 1. The number of amides is 1. The number of fused-ring (bicyclic) bond motifs is 1. The highest BCUT2D eigenvalue weighted by molar-refractivity contribution is 6.01. The van der Waals surface area contributed by atoms with Crippen LogP contribution in [0.15, 0.2) is 36.5 Å². The second kappa shape index (κ2) is 6.22. The van der Waals surface area contributed by atoms with Gasteiger partial charge in [0, 0.05) is 24.0 Å². The SMILES string of the molecule is CC(C)(C)CC(N)CC(=O)Nc1cccc2ncccc12. The number of carbonyl (C=O) groups excluding carboxylic acids is 1. The van der Waals surface area contributed by atoms with E-state index in [0.717, 1.165) is 23.0 Å². The summed E-state index contributed by atoms with van der Waals surface area (Å²) in [6, 6.07) is 9.39. The predicted octanol–water partition coefficient (Wildman–Crippen LogP) is 3.33. The van der Waals surface area contributed by atoms with Crippen LogP contribution in [-0.2, 0) is 4.79 Å². The lowest BCUT2D eigenvalue weighted by molar-refractivity contribution is -0.116. The molecule has 2 aromatic rings. The summed E-state index contributed by atoms with van der Waals surface area (Å²) >= 11 is 0. The van der Waals surface area contributed by atoms with Gasteiger partial charge in [-0.2, -0.15) is 0 Å². The summed E-state index contributed by atoms with van der Waals surface area (Å²) in [4.78, 5) is 16.4. The molecule has 0 radical (unpaired) electrons. The third kappa shape index (κ3) is 4.53. The van der Waals surface area contributed by atoms with Crippen molar-refractivity contribution in [3.8, 4) is 0 Å². The zero-order valence-electron chi connectivity index (χ0n) is 12.9. The molecule has 1 unspecified atom stereocenters. The highest BCUT2D eigenvalue weighted by Crippen LogP contribution is 2.23. The molecule has 0 aliphatic heterocycles. The van der Waals surface area contributed by atoms with Crippen LogP contribution in [0.1, 0.15) is 33.6 Å². The molecule has 1 heterocycles. The molecule has 0 saturated carbocycles. The zero-order valence-corrected chi connectivity index (χ0v) is 12.9. The highest BCUT2D eigenvalue weighted by Gasteiger charge is 2.18. The lowest BCUT2D eigenvalue weighted by atomic mass is 9.87. The van der Waals surface area contributed by atoms with Gasteiger partial charge in [-0.1, -0.05) is 26.8 Å². The minimum absolute atomic E-state index is 0.0527. The standard InChI is InChI=1S/C17H23N3O/c1-17(2,3)11-12(18)10-16(21)20-15-8-4-7-14-13(15)6-5-9-19-14/h4-9,12H,10-11,18H2,1-3H3,(H,20,21). The van der Waals surface area contributed by atoms with Gasteiger partial charge in [0.1, 0.15) is 0 Å². The number of hydrogen-bond acceptors (Lipinski definition) is 3. The second-order valence-corrected chi connectivity index (χ2v) is 6.65. The van der Waals surface area contributed by atoms with Gasteiger partial charge in [-0.05, 0) is 36.1 Å². The molecule has 1 atom stereocenters. The van der Waals surface area contributed by atoms with Crippen molar-refractivity contribution in [3.05, 3.63) is 36.5 Å². The molecule has 0 saturated heterocycles. The Kier molecular flexibility index (Phi) is 4.58. The molecule has 1 aromatic heterocycles. The molecule has 0 bridgehead atoms. The molecule has 4 heteroatoms. The Morgan fingerprint density at radius 1 is 1.29 bits per heavy atom. The van der Waals surface area contributed by atoms with Crippen molar-refractivity contribution in [1.82, 2.24) is 4.98 Å². The number of pyridine rings is 1. The van der Waals surface area contributed by atoms with Crippen molar-refractivity contribution in [2.45, 2.75) is 39.7 Å². The van der Waals surface area contributed by atoms with Gasteiger partial charge in [-0.3, -0.25) is 9.78 Å². The maximum absolute atomic E-state index is 12.1. The molecule has 1 aromatic carbocycles. The van der Waals surface area contributed by atoms with Crippen molar-refractivity contribution < 1.29 is 4.79 Å². The number of nitrogens with one attached hydrogen (secondary N) is 1. The minimum Gasteiger partial charge on any atom is -0.327 e. The number of nitrogens with zero attached hydrogens (tertiary/aromatic N) is 1. The molecule has 1 amide bonds. The number of rotatable bonds is 4. The van der Waals surface area contributed by atoms with E-state index < -0.39 is 0 Å². The molecular weight excluding hydrogens is 262 g/mol. The first-order valence-electron chi connectivity index (χ1n) is 7.24. The van der Waals surface area contributed by atoms with E-state index in [0.29, 0.717) is 6.42 Å². The molecule has 0 fully saturated rings. The molecule has 21 heavy (non-hydrogen) atoms. The van der Waals surface area contributed by atoms with Crippen LogP contribution < -0.4 is 11.1 Å². The Bertz CT molecular complexity index is 626. The van der Waals surface area contributed by atoms with Gasteiger partial charge in [0.05, 0.1) is 11.2 Å². The summed E-state index contributed by atoms with van der Waals surface area (Å²) in [6.45, 7) is 6.38. The Balaban J connectivity index is 2.05. The van der Waals surface area contributed by atoms with E-state index >= 15 is 0 Å². The zero-order chi connectivity index (χ0) is 15.5. The van der Waals surface area contributed by atoms with Gasteiger partial charge in [0.15, 0.2) is 0 Å². The Morgan fingerprint density at radius 3 is 2.76 bits per heavy atom. The Morgan fingerprint density at radius 2 is 2.05 bits per heavy atom. The summed E-state index contributed by atoms with van der Waals surface area (Å²) in [6.07, 6.45) is 2.89. The molecule has 0 spiro atoms. The van der Waals surface area contributed by atoms with E-state index in [1.54, 1.807) is 6.20 Å². The fourth-order valence-electron chi connectivity index (χ4n) is 2.51. The average Bonchev–Trinajstić information content (AvgIpc) is 2.36. The van der Waals surface area contributed by atoms with Crippen LogP contribution >= 0.6 is 0 Å². The van der Waals surface area contributed by atoms with Crippen LogP contribution in [0.3, 0.4) is 0 Å². The van der Waals surface area contributed by atoms with Crippen molar-refractivity contribution in [2.24, 2.45) is 11.1 Å². The van der Waals surface area contributed by atoms with E-state index in [1.165, 1.54) is 0 Å². The number of carbonyl (C=O) groups is 1. The first kappa shape index (κ1) is 15.4. The topological polar surface area (TPSA) is 68.0 Å². The van der Waals surface area contributed by atoms with Crippen LogP contribution in [0.5, 0.6) is 0 Å². The second-order valence-electron chi connectivity index (χ2n) is 6.65. The molecule has 112 valence electrons. The summed E-state index contributed by atoms with van der Waals surface area (Å²) in [5.41, 5.74) is 7.84. The van der Waals surface area contributed by atoms with Crippen molar-refractivity contribution in [1.29, 1.82) is 0 Å². The summed E-state index contributed by atoms with van der Waals surface area (Å²) in [7, 11) is 0. The molecule has 3 N–H and O–H groups in total. The van der Waals surface area contributed by atoms with Crippen molar-refractivity contribution >= 4 is 22.5 Å². The Labute approximate surface area is 125 Å².